The molecule has 12 heteroatoms. The minimum absolute atomic E-state index is 0.0141. The van der Waals surface area contributed by atoms with E-state index in [1.807, 2.05) is 18.2 Å². The second-order valence-electron chi connectivity index (χ2n) is 7.48. The average molecular weight is 748 g/mol. The molecule has 0 saturated carbocycles. The van der Waals surface area contributed by atoms with Gasteiger partial charge in [0.1, 0.15) is 23.8 Å². The topological polar surface area (TPSA) is 98.1 Å². The molecule has 2 heterocycles. The number of benzene rings is 2. The number of nitrogens with zero attached hydrogens (tertiary/aromatic N) is 1. The number of methoxy groups -OCH3 is 1. The molecule has 3 amide bonds. The van der Waals surface area contributed by atoms with Crippen LogP contribution in [0.15, 0.2) is 70.5 Å². The third kappa shape index (κ3) is 5.93. The number of esters is 1. The largest absolute Gasteiger partial charge is 0.486 e. The van der Waals surface area contributed by atoms with Gasteiger partial charge < -0.3 is 19.2 Å². The summed E-state index contributed by atoms with van der Waals surface area (Å²) in [6, 6.07) is 11.7. The zero-order valence-corrected chi connectivity index (χ0v) is 24.8. The van der Waals surface area contributed by atoms with Crippen LogP contribution in [0.1, 0.15) is 27.4 Å². The van der Waals surface area contributed by atoms with Crippen molar-refractivity contribution in [1.29, 1.82) is 0 Å². The number of furan rings is 1. The van der Waals surface area contributed by atoms with E-state index in [9.17, 15) is 14.4 Å². The average Bonchev–Trinajstić information content (AvgIpc) is 3.39. The third-order valence-corrected chi connectivity index (χ3v) is 7.45. The number of urea groups is 1. The lowest BCUT2D eigenvalue weighted by Crippen LogP contribution is -2.30. The van der Waals surface area contributed by atoms with Gasteiger partial charge in [0.2, 0.25) is 5.76 Å². The fraction of sp³-hybridized carbons (Fsp3) is 0.125. The number of hydrogen-bond donors (Lipinski definition) is 1. The van der Waals surface area contributed by atoms with Crippen molar-refractivity contribution >= 4 is 87.7 Å². The van der Waals surface area contributed by atoms with Crippen LogP contribution in [-0.4, -0.2) is 29.9 Å². The van der Waals surface area contributed by atoms with Crippen molar-refractivity contribution in [2.45, 2.75) is 13.2 Å². The first-order valence-corrected chi connectivity index (χ1v) is 13.4. The van der Waals surface area contributed by atoms with E-state index in [1.165, 1.54) is 19.2 Å². The van der Waals surface area contributed by atoms with Crippen molar-refractivity contribution in [3.05, 3.63) is 88.7 Å². The summed E-state index contributed by atoms with van der Waals surface area (Å²) in [6.45, 7) is 0.199. The standard InChI is InChI=1S/C24H16Br4N2O6/c1-34-23(32)20-5-4-15(36-20)10-30-22(31)19(29-24(30)33)8-12-6-17(27)21(18(28)7-12)35-11-13-2-3-14(25)9-16(13)26/h2-9H,10-11H2,1H3,(H,29,33)/b19-8-. The molecule has 36 heavy (non-hydrogen) atoms. The van der Waals surface area contributed by atoms with Gasteiger partial charge in [0, 0.05) is 14.5 Å². The van der Waals surface area contributed by atoms with Crippen LogP contribution in [0.2, 0.25) is 0 Å². The van der Waals surface area contributed by atoms with Gasteiger partial charge in [-0.05, 0) is 79.9 Å². The highest BCUT2D eigenvalue weighted by Crippen LogP contribution is 2.36. The zero-order chi connectivity index (χ0) is 26.0. The molecule has 0 spiro atoms. The number of carbonyl (C=O) groups excluding carboxylic acids is 3. The second kappa shape index (κ2) is 11.3. The van der Waals surface area contributed by atoms with Gasteiger partial charge in [0.05, 0.1) is 22.6 Å². The van der Waals surface area contributed by atoms with Crippen LogP contribution >= 0.6 is 63.7 Å². The Morgan fingerprint density at radius 2 is 1.75 bits per heavy atom. The van der Waals surface area contributed by atoms with E-state index < -0.39 is 17.9 Å². The number of hydrogen-bond acceptors (Lipinski definition) is 6. The molecule has 8 nitrogen and oxygen atoms in total. The normalized spacial score (nSPS) is 14.4. The Morgan fingerprint density at radius 3 is 2.42 bits per heavy atom. The summed E-state index contributed by atoms with van der Waals surface area (Å²) in [6.07, 6.45) is 1.56. The lowest BCUT2D eigenvalue weighted by molar-refractivity contribution is -0.123. The Bertz CT molecular complexity index is 1380. The first-order valence-electron chi connectivity index (χ1n) is 10.2. The molecule has 1 aromatic heterocycles. The van der Waals surface area contributed by atoms with Crippen molar-refractivity contribution in [2.24, 2.45) is 0 Å². The van der Waals surface area contributed by atoms with Crippen molar-refractivity contribution in [2.75, 3.05) is 7.11 Å². The predicted octanol–water partition coefficient (Wildman–Crippen LogP) is 6.79. The molecule has 0 unspecified atom stereocenters. The van der Waals surface area contributed by atoms with E-state index in [-0.39, 0.29) is 23.8 Å². The molecule has 186 valence electrons. The lowest BCUT2D eigenvalue weighted by Gasteiger charge is -2.13. The van der Waals surface area contributed by atoms with Crippen LogP contribution in [0.3, 0.4) is 0 Å². The van der Waals surface area contributed by atoms with Gasteiger partial charge >= 0.3 is 12.0 Å². The van der Waals surface area contributed by atoms with Gasteiger partial charge in [-0.15, -0.1) is 0 Å². The predicted molar refractivity (Wildman–Crippen MR) is 145 cm³/mol. The number of amides is 3. The van der Waals surface area contributed by atoms with E-state index >= 15 is 0 Å². The summed E-state index contributed by atoms with van der Waals surface area (Å²) < 4.78 is 19.2. The first kappa shape index (κ1) is 26.6. The van der Waals surface area contributed by atoms with E-state index in [0.717, 1.165) is 19.4 Å². The fourth-order valence-corrected chi connectivity index (χ4v) is 5.91. The number of halogens is 4. The number of ether oxygens (including phenoxy) is 2. The molecule has 4 rings (SSSR count). The van der Waals surface area contributed by atoms with Crippen LogP contribution in [-0.2, 0) is 22.7 Å². The monoisotopic (exact) mass is 744 g/mol. The van der Waals surface area contributed by atoms with Crippen LogP contribution in [0, 0.1) is 0 Å². The summed E-state index contributed by atoms with van der Waals surface area (Å²) >= 11 is 14.0. The highest BCUT2D eigenvalue weighted by molar-refractivity contribution is 9.11. The fourth-order valence-electron chi connectivity index (χ4n) is 3.30. The maximum Gasteiger partial charge on any atom is 0.373 e. The van der Waals surface area contributed by atoms with Crippen molar-refractivity contribution in [1.82, 2.24) is 10.2 Å². The minimum Gasteiger partial charge on any atom is -0.486 e. The summed E-state index contributed by atoms with van der Waals surface area (Å²) in [5.74, 6) is -0.324. The van der Waals surface area contributed by atoms with Crippen molar-refractivity contribution in [3.8, 4) is 5.75 Å². The first-order chi connectivity index (χ1) is 17.2. The van der Waals surface area contributed by atoms with Crippen LogP contribution < -0.4 is 10.1 Å². The Balaban J connectivity index is 1.48. The van der Waals surface area contributed by atoms with Gasteiger partial charge in [-0.25, -0.2) is 9.59 Å². The van der Waals surface area contributed by atoms with Crippen LogP contribution in [0.25, 0.3) is 6.08 Å². The summed E-state index contributed by atoms with van der Waals surface area (Å²) in [5, 5.41) is 2.57. The highest BCUT2D eigenvalue weighted by Gasteiger charge is 2.34. The Labute approximate surface area is 239 Å². The van der Waals surface area contributed by atoms with Gasteiger partial charge in [-0.2, -0.15) is 0 Å². The molecule has 1 N–H and O–H groups in total. The van der Waals surface area contributed by atoms with Gasteiger partial charge in [-0.3, -0.25) is 9.69 Å². The maximum atomic E-state index is 12.9. The van der Waals surface area contributed by atoms with Crippen molar-refractivity contribution in [3.63, 3.8) is 0 Å². The van der Waals surface area contributed by atoms with Crippen LogP contribution in [0.5, 0.6) is 5.75 Å². The molecule has 1 saturated heterocycles. The van der Waals surface area contributed by atoms with E-state index in [1.54, 1.807) is 18.2 Å². The van der Waals surface area contributed by atoms with E-state index in [2.05, 4.69) is 73.8 Å². The van der Waals surface area contributed by atoms with Crippen molar-refractivity contribution < 1.29 is 28.3 Å². The van der Waals surface area contributed by atoms with Gasteiger partial charge in [0.15, 0.2) is 0 Å². The van der Waals surface area contributed by atoms with Gasteiger partial charge in [0.25, 0.3) is 5.91 Å². The molecular weight excluding hydrogens is 732 g/mol. The lowest BCUT2D eigenvalue weighted by atomic mass is 10.2. The third-order valence-electron chi connectivity index (χ3n) is 5.04. The highest BCUT2D eigenvalue weighted by atomic mass is 79.9. The zero-order valence-electron chi connectivity index (χ0n) is 18.4. The van der Waals surface area contributed by atoms with Gasteiger partial charge in [-0.1, -0.05) is 37.9 Å². The molecule has 0 atom stereocenters. The van der Waals surface area contributed by atoms with E-state index in [0.29, 0.717) is 26.9 Å². The second-order valence-corrected chi connectivity index (χ2v) is 11.0. The molecule has 0 aliphatic carbocycles. The minimum atomic E-state index is -0.646. The summed E-state index contributed by atoms with van der Waals surface area (Å²) in [5.41, 5.74) is 1.73. The SMILES string of the molecule is COC(=O)c1ccc(CN2C(=O)N/C(=C\c3cc(Br)c(OCc4ccc(Br)cc4Br)c(Br)c3)C2=O)o1. The molecule has 2 aromatic carbocycles. The molecule has 3 aromatic rings. The quantitative estimate of drug-likeness (QED) is 0.163. The molecule has 1 fully saturated rings. The number of imide groups is 1. The summed E-state index contributed by atoms with van der Waals surface area (Å²) in [7, 11) is 1.23. The molecule has 1 aliphatic rings. The number of carbonyl (C=O) groups is 3. The summed E-state index contributed by atoms with van der Waals surface area (Å²) in [4.78, 5) is 37.8. The van der Waals surface area contributed by atoms with Crippen LogP contribution in [0.4, 0.5) is 4.79 Å². The number of nitrogens with one attached hydrogen (secondary N) is 1. The molecule has 1 aliphatic heterocycles. The molecule has 0 bridgehead atoms. The number of rotatable bonds is 7. The Morgan fingerprint density at radius 1 is 1.03 bits per heavy atom. The smallest absolute Gasteiger partial charge is 0.373 e. The Kier molecular flexibility index (Phi) is 8.38. The molecule has 0 radical (unpaired) electrons. The molecular formula is C24H16Br4N2O6. The Hall–Kier alpha value is -2.41. The van der Waals surface area contributed by atoms with E-state index in [4.69, 9.17) is 9.15 Å². The maximum absolute atomic E-state index is 12.9.